The van der Waals surface area contributed by atoms with Gasteiger partial charge in [-0.05, 0) is 112 Å². The van der Waals surface area contributed by atoms with Gasteiger partial charge in [0.15, 0.2) is 0 Å². The number of aryl methyl sites for hydroxylation is 2. The van der Waals surface area contributed by atoms with E-state index in [1.807, 2.05) is 0 Å². The van der Waals surface area contributed by atoms with E-state index >= 15 is 0 Å². The van der Waals surface area contributed by atoms with Crippen molar-refractivity contribution in [2.75, 3.05) is 0 Å². The molecule has 0 aromatic heterocycles. The molecule has 0 saturated heterocycles. The number of hydrogen-bond acceptors (Lipinski definition) is 0. The zero-order valence-electron chi connectivity index (χ0n) is 29.3. The van der Waals surface area contributed by atoms with E-state index in [9.17, 15) is 0 Å². The van der Waals surface area contributed by atoms with Crippen molar-refractivity contribution in [2.45, 2.75) is 44.9 Å². The van der Waals surface area contributed by atoms with E-state index in [1.54, 1.807) is 0 Å². The van der Waals surface area contributed by atoms with E-state index < -0.39 is 5.41 Å². The van der Waals surface area contributed by atoms with Gasteiger partial charge in [-0.15, -0.1) is 0 Å². The van der Waals surface area contributed by atoms with Crippen LogP contribution in [0.2, 0.25) is 0 Å². The predicted molar refractivity (Wildman–Crippen MR) is 217 cm³/mol. The molecule has 0 fully saturated rings. The average molecular weight is 653 g/mol. The first-order valence-corrected chi connectivity index (χ1v) is 18.7. The van der Waals surface area contributed by atoms with Crippen molar-refractivity contribution < 1.29 is 0 Å². The number of fused-ring (bicyclic) bond motifs is 12. The SMILES string of the molecule is CCCc1ccc(-c2cccc3ccccc23)c2c1C1(c3ccccc3-2)c2ccccc2-c2c(-c3cccc4ccccc34)ccc(CCC)c21. The second-order valence-electron chi connectivity index (χ2n) is 14.4. The molecule has 1 spiro atoms. The van der Waals surface area contributed by atoms with Crippen LogP contribution >= 0.6 is 0 Å². The van der Waals surface area contributed by atoms with Crippen molar-refractivity contribution >= 4 is 21.5 Å². The zero-order chi connectivity index (χ0) is 34.1. The summed E-state index contributed by atoms with van der Waals surface area (Å²) in [5.74, 6) is 0. The molecule has 0 atom stereocenters. The number of hydrogen-bond donors (Lipinski definition) is 0. The minimum Gasteiger partial charge on any atom is -0.0651 e. The lowest BCUT2D eigenvalue weighted by atomic mass is 9.67. The highest BCUT2D eigenvalue weighted by Gasteiger charge is 2.54. The molecule has 0 N–H and O–H groups in total. The summed E-state index contributed by atoms with van der Waals surface area (Å²) >= 11 is 0. The van der Waals surface area contributed by atoms with Crippen molar-refractivity contribution in [2.24, 2.45) is 0 Å². The van der Waals surface area contributed by atoms with Gasteiger partial charge in [0.1, 0.15) is 0 Å². The summed E-state index contributed by atoms with van der Waals surface area (Å²) in [6.07, 6.45) is 4.27. The van der Waals surface area contributed by atoms with Gasteiger partial charge in [0, 0.05) is 0 Å². The summed E-state index contributed by atoms with van der Waals surface area (Å²) in [6, 6.07) is 60.0. The maximum atomic E-state index is 2.47. The van der Waals surface area contributed by atoms with Crippen LogP contribution in [0.3, 0.4) is 0 Å². The highest BCUT2D eigenvalue weighted by molar-refractivity contribution is 6.09. The summed E-state index contributed by atoms with van der Waals surface area (Å²) in [5.41, 5.74) is 19.2. The quantitative estimate of drug-likeness (QED) is 0.168. The van der Waals surface area contributed by atoms with Gasteiger partial charge >= 0.3 is 0 Å². The molecule has 0 amide bonds. The topological polar surface area (TPSA) is 0 Å². The van der Waals surface area contributed by atoms with Crippen molar-refractivity contribution in [3.63, 3.8) is 0 Å². The van der Waals surface area contributed by atoms with E-state index in [0.717, 1.165) is 25.7 Å². The molecule has 0 heterocycles. The molecule has 8 aromatic rings. The molecule has 51 heavy (non-hydrogen) atoms. The molecule has 0 nitrogen and oxygen atoms in total. The Morgan fingerprint density at radius 3 is 1.22 bits per heavy atom. The molecule has 0 unspecified atom stereocenters. The summed E-state index contributed by atoms with van der Waals surface area (Å²) in [6.45, 7) is 4.66. The maximum absolute atomic E-state index is 2.47. The van der Waals surface area contributed by atoms with Crippen LogP contribution in [0, 0.1) is 0 Å². The molecule has 0 saturated carbocycles. The highest BCUT2D eigenvalue weighted by atomic mass is 14.6. The molecule has 2 aliphatic rings. The van der Waals surface area contributed by atoms with Crippen LogP contribution in [0.1, 0.15) is 60.1 Å². The average Bonchev–Trinajstić information content (AvgIpc) is 3.67. The van der Waals surface area contributed by atoms with Crippen molar-refractivity contribution in [3.05, 3.63) is 191 Å². The molecule has 0 aliphatic heterocycles. The fourth-order valence-corrected chi connectivity index (χ4v) is 9.90. The molecule has 8 aromatic carbocycles. The van der Waals surface area contributed by atoms with Gasteiger partial charge in [0.25, 0.3) is 0 Å². The van der Waals surface area contributed by atoms with E-state index in [2.05, 4.69) is 172 Å². The van der Waals surface area contributed by atoms with Crippen molar-refractivity contribution in [1.29, 1.82) is 0 Å². The first-order valence-electron chi connectivity index (χ1n) is 18.7. The van der Waals surface area contributed by atoms with Crippen LogP contribution in [0.15, 0.2) is 158 Å². The second kappa shape index (κ2) is 11.7. The fourth-order valence-electron chi connectivity index (χ4n) is 9.90. The fraction of sp³-hybridized carbons (Fsp3) is 0.137. The zero-order valence-corrected chi connectivity index (χ0v) is 29.3. The third-order valence-corrected chi connectivity index (χ3v) is 11.7. The van der Waals surface area contributed by atoms with Crippen molar-refractivity contribution in [3.8, 4) is 44.5 Å². The van der Waals surface area contributed by atoms with Crippen LogP contribution in [-0.2, 0) is 18.3 Å². The van der Waals surface area contributed by atoms with Gasteiger partial charge in [-0.3, -0.25) is 0 Å². The largest absolute Gasteiger partial charge is 0.0731 e. The third kappa shape index (κ3) is 4.14. The lowest BCUT2D eigenvalue weighted by molar-refractivity contribution is 0.749. The Hall–Kier alpha value is -5.72. The van der Waals surface area contributed by atoms with Gasteiger partial charge in [0.05, 0.1) is 5.41 Å². The number of benzene rings is 8. The van der Waals surface area contributed by atoms with Crippen LogP contribution in [0.4, 0.5) is 0 Å². The second-order valence-corrected chi connectivity index (χ2v) is 14.4. The van der Waals surface area contributed by atoms with Gasteiger partial charge in [0.2, 0.25) is 0 Å². The molecule has 10 rings (SSSR count). The molecular formula is C51H40. The monoisotopic (exact) mass is 652 g/mol. The Morgan fingerprint density at radius 1 is 0.353 bits per heavy atom. The molecule has 2 aliphatic carbocycles. The molecule has 0 bridgehead atoms. The standard InChI is InChI=1S/C51H40/c1-3-15-35-29-31-41(39-25-13-19-33-17-5-7-21-37(33)39)47-43-23-9-11-27-45(43)51(49(35)47)46-28-12-10-24-44(46)48-42(32-30-36(16-4-2)50(48)51)40-26-14-20-34-18-6-8-22-38(34)40/h5-14,17-32H,3-4,15-16H2,1-2H3. The summed E-state index contributed by atoms with van der Waals surface area (Å²) in [7, 11) is 0. The van der Waals surface area contributed by atoms with Gasteiger partial charge in [-0.2, -0.15) is 0 Å². The molecule has 244 valence electrons. The highest BCUT2D eigenvalue weighted by Crippen LogP contribution is 2.67. The third-order valence-electron chi connectivity index (χ3n) is 11.7. The predicted octanol–water partition coefficient (Wildman–Crippen LogP) is 13.6. The normalized spacial score (nSPS) is 13.4. The molecule has 0 radical (unpaired) electrons. The summed E-state index contributed by atoms with van der Waals surface area (Å²) in [5, 5.41) is 5.18. The van der Waals surface area contributed by atoms with Crippen molar-refractivity contribution in [1.82, 2.24) is 0 Å². The Labute approximate surface area is 301 Å². The summed E-state index contributed by atoms with van der Waals surface area (Å²) < 4.78 is 0. The first-order chi connectivity index (χ1) is 25.3. The van der Waals surface area contributed by atoms with Crippen LogP contribution in [0.25, 0.3) is 66.1 Å². The van der Waals surface area contributed by atoms with E-state index in [1.165, 1.54) is 99.4 Å². The van der Waals surface area contributed by atoms with E-state index in [-0.39, 0.29) is 0 Å². The Kier molecular flexibility index (Phi) is 6.90. The Bertz CT molecular complexity index is 2470. The Balaban J connectivity index is 1.40. The van der Waals surface area contributed by atoms with Gasteiger partial charge in [-0.1, -0.05) is 184 Å². The van der Waals surface area contributed by atoms with E-state index in [0.29, 0.717) is 0 Å². The lowest BCUT2D eigenvalue weighted by Gasteiger charge is -2.34. The summed E-state index contributed by atoms with van der Waals surface area (Å²) in [4.78, 5) is 0. The smallest absolute Gasteiger partial charge is 0.0651 e. The van der Waals surface area contributed by atoms with E-state index in [4.69, 9.17) is 0 Å². The minimum atomic E-state index is -0.423. The van der Waals surface area contributed by atoms with Crippen LogP contribution in [-0.4, -0.2) is 0 Å². The Morgan fingerprint density at radius 2 is 0.745 bits per heavy atom. The lowest BCUT2D eigenvalue weighted by Crippen LogP contribution is -2.28. The van der Waals surface area contributed by atoms with Crippen LogP contribution < -0.4 is 0 Å². The van der Waals surface area contributed by atoms with Gasteiger partial charge in [-0.25, -0.2) is 0 Å². The maximum Gasteiger partial charge on any atom is 0.0731 e. The van der Waals surface area contributed by atoms with Gasteiger partial charge < -0.3 is 0 Å². The van der Waals surface area contributed by atoms with Crippen LogP contribution in [0.5, 0.6) is 0 Å². The number of rotatable bonds is 6. The first kappa shape index (κ1) is 30.1. The molecular weight excluding hydrogens is 613 g/mol. The molecule has 0 heteroatoms. The minimum absolute atomic E-state index is 0.423.